The molecule has 1 amide bonds. The van der Waals surface area contributed by atoms with Crippen molar-refractivity contribution in [3.63, 3.8) is 0 Å². The molecular weight excluding hydrogens is 340 g/mol. The topological polar surface area (TPSA) is 69.9 Å². The molecule has 1 aliphatic rings. The zero-order valence-electron chi connectivity index (χ0n) is 13.9. The Bertz CT molecular complexity index is 776. The van der Waals surface area contributed by atoms with Gasteiger partial charge in [0.05, 0.1) is 11.3 Å². The molecule has 0 aromatic carbocycles. The first-order chi connectivity index (χ1) is 11.6. The fourth-order valence-corrected chi connectivity index (χ4v) is 5.01. The quantitative estimate of drug-likeness (QED) is 0.612. The molecule has 24 heavy (non-hydrogen) atoms. The number of nitrogens with zero attached hydrogens (tertiary/aromatic N) is 4. The minimum Gasteiger partial charge on any atom is -0.326 e. The molecular formula is C17H20N4OS2. The Morgan fingerprint density at radius 1 is 1.42 bits per heavy atom. The van der Waals surface area contributed by atoms with Gasteiger partial charge in [0.1, 0.15) is 21.7 Å². The minimum absolute atomic E-state index is 0.00885. The van der Waals surface area contributed by atoms with Crippen LogP contribution in [-0.4, -0.2) is 38.6 Å². The Labute approximate surface area is 150 Å². The lowest BCUT2D eigenvalue weighted by Crippen LogP contribution is -2.52. The Kier molecular flexibility index (Phi) is 5.07. The van der Waals surface area contributed by atoms with E-state index in [1.165, 1.54) is 11.8 Å². The van der Waals surface area contributed by atoms with Gasteiger partial charge in [0.25, 0.3) is 0 Å². The van der Waals surface area contributed by atoms with Gasteiger partial charge >= 0.3 is 0 Å². The maximum atomic E-state index is 12.9. The average molecular weight is 361 g/mol. The summed E-state index contributed by atoms with van der Waals surface area (Å²) in [7, 11) is 1.77. The van der Waals surface area contributed by atoms with Crippen molar-refractivity contribution in [2.24, 2.45) is 0 Å². The SMILES string of the molecule is CC(Sc1ncnc2sccc12)C(=O)N(C)C1(C#N)CCCCC1. The monoisotopic (exact) mass is 360 g/mol. The van der Waals surface area contributed by atoms with Crippen molar-refractivity contribution in [1.29, 1.82) is 5.26 Å². The van der Waals surface area contributed by atoms with Crippen LogP contribution in [0.15, 0.2) is 22.8 Å². The number of hydrogen-bond acceptors (Lipinski definition) is 6. The van der Waals surface area contributed by atoms with E-state index in [0.717, 1.165) is 47.3 Å². The van der Waals surface area contributed by atoms with Gasteiger partial charge in [-0.05, 0) is 31.2 Å². The van der Waals surface area contributed by atoms with Gasteiger partial charge in [-0.2, -0.15) is 5.26 Å². The Balaban J connectivity index is 1.77. The molecule has 3 rings (SSSR count). The van der Waals surface area contributed by atoms with E-state index in [1.54, 1.807) is 29.6 Å². The van der Waals surface area contributed by atoms with E-state index in [9.17, 15) is 10.1 Å². The first kappa shape index (κ1) is 17.2. The van der Waals surface area contributed by atoms with Crippen molar-refractivity contribution >= 4 is 39.2 Å². The summed E-state index contributed by atoms with van der Waals surface area (Å²) < 4.78 is 0. The smallest absolute Gasteiger partial charge is 0.236 e. The molecule has 2 heterocycles. The summed E-state index contributed by atoms with van der Waals surface area (Å²) in [5.74, 6) is -0.00885. The highest BCUT2D eigenvalue weighted by atomic mass is 32.2. The molecule has 0 aliphatic heterocycles. The molecule has 0 N–H and O–H groups in total. The summed E-state index contributed by atoms with van der Waals surface area (Å²) in [5, 5.41) is 13.2. The minimum atomic E-state index is -0.645. The van der Waals surface area contributed by atoms with Crippen LogP contribution in [0.25, 0.3) is 10.2 Å². The second-order valence-corrected chi connectivity index (χ2v) is 8.40. The molecule has 0 bridgehead atoms. The van der Waals surface area contributed by atoms with E-state index in [-0.39, 0.29) is 11.2 Å². The summed E-state index contributed by atoms with van der Waals surface area (Å²) in [5.41, 5.74) is -0.645. The standard InChI is InChI=1S/C17H20N4OS2/c1-12(24-15-13-6-9-23-14(13)19-11-20-15)16(22)21(2)17(10-18)7-4-3-5-8-17/h6,9,11-12H,3-5,7-8H2,1-2H3. The van der Waals surface area contributed by atoms with Crippen LogP contribution in [0.2, 0.25) is 0 Å². The van der Waals surface area contributed by atoms with Crippen LogP contribution in [-0.2, 0) is 4.79 Å². The number of amides is 1. The molecule has 1 fully saturated rings. The normalized spacial score (nSPS) is 18.0. The highest BCUT2D eigenvalue weighted by Gasteiger charge is 2.40. The summed E-state index contributed by atoms with van der Waals surface area (Å²) >= 11 is 3.01. The van der Waals surface area contributed by atoms with Crippen molar-refractivity contribution in [2.75, 3.05) is 7.05 Å². The summed E-state index contributed by atoms with van der Waals surface area (Å²) in [6.07, 6.45) is 6.24. The molecule has 1 atom stereocenters. The summed E-state index contributed by atoms with van der Waals surface area (Å²) in [4.78, 5) is 24.1. The van der Waals surface area contributed by atoms with Crippen molar-refractivity contribution < 1.29 is 4.79 Å². The molecule has 2 aromatic heterocycles. The van der Waals surface area contributed by atoms with Gasteiger partial charge in [-0.1, -0.05) is 31.0 Å². The number of thioether (sulfide) groups is 1. The average Bonchev–Trinajstić information content (AvgIpc) is 3.10. The summed E-state index contributed by atoms with van der Waals surface area (Å²) in [6.45, 7) is 1.89. The predicted molar refractivity (Wildman–Crippen MR) is 96.9 cm³/mol. The maximum absolute atomic E-state index is 12.9. The Morgan fingerprint density at radius 2 is 2.17 bits per heavy atom. The van der Waals surface area contributed by atoms with Crippen LogP contribution >= 0.6 is 23.1 Å². The first-order valence-corrected chi connectivity index (χ1v) is 9.87. The van der Waals surface area contributed by atoms with Crippen LogP contribution in [0.1, 0.15) is 39.0 Å². The lowest BCUT2D eigenvalue weighted by atomic mass is 9.81. The molecule has 1 saturated carbocycles. The van der Waals surface area contributed by atoms with E-state index in [4.69, 9.17) is 0 Å². The lowest BCUT2D eigenvalue weighted by molar-refractivity contribution is -0.133. The van der Waals surface area contributed by atoms with Crippen LogP contribution in [0.5, 0.6) is 0 Å². The van der Waals surface area contributed by atoms with Crippen molar-refractivity contribution in [3.05, 3.63) is 17.8 Å². The van der Waals surface area contributed by atoms with Gasteiger partial charge in [-0.15, -0.1) is 11.3 Å². The number of rotatable bonds is 4. The molecule has 126 valence electrons. The number of nitriles is 1. The van der Waals surface area contributed by atoms with E-state index < -0.39 is 5.54 Å². The fraction of sp³-hybridized carbons (Fsp3) is 0.529. The third-order valence-electron chi connectivity index (χ3n) is 4.72. The third-order valence-corrected chi connectivity index (χ3v) is 6.65. The van der Waals surface area contributed by atoms with E-state index >= 15 is 0 Å². The lowest BCUT2D eigenvalue weighted by Gasteiger charge is -2.40. The number of carbonyl (C=O) groups excluding carboxylic acids is 1. The second kappa shape index (κ2) is 7.08. The van der Waals surface area contributed by atoms with E-state index in [1.807, 2.05) is 18.4 Å². The van der Waals surface area contributed by atoms with Crippen molar-refractivity contribution in [2.45, 2.75) is 54.8 Å². The van der Waals surface area contributed by atoms with Gasteiger partial charge in [0.15, 0.2) is 0 Å². The van der Waals surface area contributed by atoms with E-state index in [0.29, 0.717) is 0 Å². The Hall–Kier alpha value is -1.65. The highest BCUT2D eigenvalue weighted by Crippen LogP contribution is 2.35. The zero-order valence-corrected chi connectivity index (χ0v) is 15.5. The molecule has 1 unspecified atom stereocenters. The second-order valence-electron chi connectivity index (χ2n) is 6.18. The zero-order chi connectivity index (χ0) is 17.2. The molecule has 0 spiro atoms. The molecule has 1 aliphatic carbocycles. The molecule has 2 aromatic rings. The van der Waals surface area contributed by atoms with Gasteiger partial charge < -0.3 is 4.90 Å². The molecule has 0 saturated heterocycles. The third kappa shape index (κ3) is 3.13. The van der Waals surface area contributed by atoms with Gasteiger partial charge in [-0.3, -0.25) is 4.79 Å². The predicted octanol–water partition coefficient (Wildman–Crippen LogP) is 3.86. The van der Waals surface area contributed by atoms with Gasteiger partial charge in [0, 0.05) is 12.4 Å². The number of hydrogen-bond donors (Lipinski definition) is 0. The van der Waals surface area contributed by atoms with Crippen LogP contribution in [0, 0.1) is 11.3 Å². The largest absolute Gasteiger partial charge is 0.326 e. The first-order valence-electron chi connectivity index (χ1n) is 8.11. The molecule has 5 nitrogen and oxygen atoms in total. The fourth-order valence-electron chi connectivity index (χ4n) is 3.22. The number of thiophene rings is 1. The highest BCUT2D eigenvalue weighted by molar-refractivity contribution is 8.00. The Morgan fingerprint density at radius 3 is 2.88 bits per heavy atom. The number of aromatic nitrogens is 2. The molecule has 7 heteroatoms. The summed E-state index contributed by atoms with van der Waals surface area (Å²) in [6, 6.07) is 4.40. The van der Waals surface area contributed by atoms with Crippen LogP contribution < -0.4 is 0 Å². The maximum Gasteiger partial charge on any atom is 0.236 e. The number of fused-ring (bicyclic) bond motifs is 1. The molecule has 0 radical (unpaired) electrons. The van der Waals surface area contributed by atoms with Gasteiger partial charge in [-0.25, -0.2) is 9.97 Å². The van der Waals surface area contributed by atoms with Crippen molar-refractivity contribution in [3.8, 4) is 6.07 Å². The van der Waals surface area contributed by atoms with Gasteiger partial charge in [0.2, 0.25) is 5.91 Å². The number of carbonyl (C=O) groups is 1. The van der Waals surface area contributed by atoms with Crippen LogP contribution in [0.3, 0.4) is 0 Å². The van der Waals surface area contributed by atoms with Crippen LogP contribution in [0.4, 0.5) is 0 Å². The van der Waals surface area contributed by atoms with E-state index in [2.05, 4.69) is 16.0 Å². The van der Waals surface area contributed by atoms with Crippen molar-refractivity contribution in [1.82, 2.24) is 14.9 Å².